The number of hydrogen-bond acceptors (Lipinski definition) is 6. The minimum Gasteiger partial charge on any atom is -0.483 e. The van der Waals surface area contributed by atoms with E-state index in [9.17, 15) is 5.11 Å². The van der Waals surface area contributed by atoms with Crippen molar-refractivity contribution in [3.63, 3.8) is 0 Å². The minimum absolute atomic E-state index is 0.196. The molecule has 2 aliphatic heterocycles. The Morgan fingerprint density at radius 3 is 2.29 bits per heavy atom. The van der Waals surface area contributed by atoms with Crippen molar-refractivity contribution in [1.82, 2.24) is 19.6 Å². The number of piperidine rings is 2. The second kappa shape index (κ2) is 14.5. The molecule has 1 atom stereocenters. The molecule has 9 heteroatoms. The molecule has 0 saturated carbocycles. The molecule has 1 unspecified atom stereocenters. The lowest BCUT2D eigenvalue weighted by molar-refractivity contribution is -0.123. The van der Waals surface area contributed by atoms with Gasteiger partial charge in [-0.15, -0.1) is 0 Å². The van der Waals surface area contributed by atoms with Gasteiger partial charge in [0.25, 0.3) is 12.9 Å². The molecule has 3 heterocycles. The van der Waals surface area contributed by atoms with Crippen molar-refractivity contribution < 1.29 is 24.9 Å². The molecule has 2 saturated heterocycles. The molecular weight excluding hydrogens is 436 g/mol. The van der Waals surface area contributed by atoms with Crippen molar-refractivity contribution in [2.45, 2.75) is 51.8 Å². The average Bonchev–Trinajstić information content (AvgIpc) is 3.30. The maximum absolute atomic E-state index is 10.6. The maximum atomic E-state index is 10.6. The van der Waals surface area contributed by atoms with E-state index in [1.807, 2.05) is 23.1 Å². The van der Waals surface area contributed by atoms with Crippen LogP contribution in [0.1, 0.15) is 43.7 Å². The number of hydrogen-bond donors (Lipinski definition) is 3. The van der Waals surface area contributed by atoms with Gasteiger partial charge in [-0.3, -0.25) is 19.2 Å². The van der Waals surface area contributed by atoms with Gasteiger partial charge in [0.15, 0.2) is 0 Å². The molecule has 188 valence electrons. The molecule has 2 fully saturated rings. The molecule has 0 radical (unpaired) electrons. The molecule has 1 aromatic heterocycles. The van der Waals surface area contributed by atoms with Gasteiger partial charge in [-0.05, 0) is 67.9 Å². The van der Waals surface area contributed by atoms with E-state index in [2.05, 4.69) is 46.1 Å². The van der Waals surface area contributed by atoms with Gasteiger partial charge in [0.2, 0.25) is 0 Å². The fourth-order valence-electron chi connectivity index (χ4n) is 5.18. The Labute approximate surface area is 201 Å². The molecule has 0 bridgehead atoms. The van der Waals surface area contributed by atoms with Gasteiger partial charge in [-0.25, -0.2) is 0 Å². The predicted octanol–water partition coefficient (Wildman–Crippen LogP) is 2.39. The van der Waals surface area contributed by atoms with E-state index in [1.165, 1.54) is 50.0 Å². The Morgan fingerprint density at radius 1 is 1.06 bits per heavy atom. The molecular formula is C25H38N4O5. The lowest BCUT2D eigenvalue weighted by Crippen LogP contribution is -2.53. The van der Waals surface area contributed by atoms with Crippen LogP contribution in [0.4, 0.5) is 0 Å². The fourth-order valence-corrected chi connectivity index (χ4v) is 5.18. The third-order valence-electron chi connectivity index (χ3n) is 6.45. The number of aromatic nitrogens is 2. The van der Waals surface area contributed by atoms with Gasteiger partial charge in [-0.1, -0.05) is 31.2 Å². The number of aliphatic hydroxyl groups is 1. The summed E-state index contributed by atoms with van der Waals surface area (Å²) in [5.41, 5.74) is 2.91. The number of carbonyl (C=O) groups is 2. The van der Waals surface area contributed by atoms with Crippen molar-refractivity contribution in [3.8, 4) is 0 Å². The molecule has 9 nitrogen and oxygen atoms in total. The summed E-state index contributed by atoms with van der Waals surface area (Å²) in [7, 11) is 0. The first-order chi connectivity index (χ1) is 16.5. The van der Waals surface area contributed by atoms with Gasteiger partial charge >= 0.3 is 0 Å². The van der Waals surface area contributed by atoms with E-state index in [-0.39, 0.29) is 19.0 Å². The van der Waals surface area contributed by atoms with Crippen molar-refractivity contribution >= 4 is 12.9 Å². The Kier molecular flexibility index (Phi) is 11.7. The van der Waals surface area contributed by atoms with Crippen LogP contribution in [-0.2, 0) is 22.7 Å². The van der Waals surface area contributed by atoms with Crippen LogP contribution >= 0.6 is 0 Å². The number of likely N-dealkylation sites (tertiary alicyclic amines) is 2. The standard InChI is InChI=1S/C23H34N4O.2CH2O2/c1-2-10-25-12-7-23(8-13-25)15-22(28)18-26(19-23)16-20-5-3-6-21(14-20)17-27-11-4-9-24-27;2*2-1-3/h3-6,9,11,14,22,28H,2,7-8,10,12-13,15-19H2,1H3;2*1H,(H,2,3). The Morgan fingerprint density at radius 2 is 1.71 bits per heavy atom. The Balaban J connectivity index is 0.000000618. The zero-order chi connectivity index (χ0) is 24.8. The van der Waals surface area contributed by atoms with Crippen LogP contribution in [0.15, 0.2) is 42.7 Å². The second-order valence-electron chi connectivity index (χ2n) is 9.10. The SMILES string of the molecule is CCCN1CCC2(CC1)CC(O)CN(Cc1cccc(Cn3cccn3)c1)C2.O=CO.O=CO. The zero-order valence-corrected chi connectivity index (χ0v) is 20.0. The highest BCUT2D eigenvalue weighted by atomic mass is 16.3. The van der Waals surface area contributed by atoms with E-state index in [4.69, 9.17) is 19.8 Å². The topological polar surface area (TPSA) is 119 Å². The molecule has 0 aliphatic carbocycles. The van der Waals surface area contributed by atoms with Crippen LogP contribution in [0.2, 0.25) is 0 Å². The quantitative estimate of drug-likeness (QED) is 0.546. The molecule has 1 spiro atoms. The lowest BCUT2D eigenvalue weighted by atomic mass is 9.71. The molecule has 4 rings (SSSR count). The summed E-state index contributed by atoms with van der Waals surface area (Å²) in [6.45, 7) is 8.99. The third-order valence-corrected chi connectivity index (χ3v) is 6.45. The predicted molar refractivity (Wildman–Crippen MR) is 129 cm³/mol. The van der Waals surface area contributed by atoms with Crippen LogP contribution < -0.4 is 0 Å². The van der Waals surface area contributed by atoms with Gasteiger partial charge in [0, 0.05) is 32.0 Å². The van der Waals surface area contributed by atoms with Crippen molar-refractivity contribution in [2.24, 2.45) is 5.41 Å². The zero-order valence-electron chi connectivity index (χ0n) is 20.0. The summed E-state index contributed by atoms with van der Waals surface area (Å²) in [6.07, 6.45) is 8.28. The van der Waals surface area contributed by atoms with Crippen LogP contribution in [0, 0.1) is 5.41 Å². The highest BCUT2D eigenvalue weighted by Gasteiger charge is 2.41. The van der Waals surface area contributed by atoms with E-state index >= 15 is 0 Å². The largest absolute Gasteiger partial charge is 0.483 e. The molecule has 1 aromatic carbocycles. The first-order valence-corrected chi connectivity index (χ1v) is 11.8. The van der Waals surface area contributed by atoms with Gasteiger partial charge in [0.1, 0.15) is 0 Å². The highest BCUT2D eigenvalue weighted by molar-refractivity contribution is 5.33. The van der Waals surface area contributed by atoms with Crippen LogP contribution in [0.25, 0.3) is 0 Å². The number of rotatable bonds is 6. The minimum atomic E-state index is -0.250. The van der Waals surface area contributed by atoms with E-state index in [1.54, 1.807) is 0 Å². The second-order valence-corrected chi connectivity index (χ2v) is 9.10. The third kappa shape index (κ3) is 8.89. The summed E-state index contributed by atoms with van der Waals surface area (Å²) in [5.74, 6) is 0. The summed E-state index contributed by atoms with van der Waals surface area (Å²) < 4.78 is 1.96. The number of carboxylic acid groups (broad SMARTS) is 2. The number of aliphatic hydroxyl groups excluding tert-OH is 1. The maximum Gasteiger partial charge on any atom is 0.290 e. The van der Waals surface area contributed by atoms with Crippen molar-refractivity contribution in [2.75, 3.05) is 32.7 Å². The van der Waals surface area contributed by atoms with Crippen molar-refractivity contribution in [3.05, 3.63) is 53.9 Å². The molecule has 2 aliphatic rings. The number of benzene rings is 1. The lowest BCUT2D eigenvalue weighted by Gasteiger charge is -2.49. The van der Waals surface area contributed by atoms with E-state index in [0.29, 0.717) is 5.41 Å². The summed E-state index contributed by atoms with van der Waals surface area (Å²) in [6, 6.07) is 10.8. The first kappa shape index (κ1) is 27.5. The van der Waals surface area contributed by atoms with Gasteiger partial charge < -0.3 is 20.2 Å². The van der Waals surface area contributed by atoms with Crippen LogP contribution in [-0.4, -0.2) is 86.7 Å². The molecule has 3 N–H and O–H groups in total. The normalized spacial score (nSPS) is 19.9. The average molecular weight is 475 g/mol. The number of nitrogens with zero attached hydrogens (tertiary/aromatic N) is 4. The Bertz CT molecular complexity index is 832. The van der Waals surface area contributed by atoms with Gasteiger partial charge in [0.05, 0.1) is 12.6 Å². The van der Waals surface area contributed by atoms with Crippen molar-refractivity contribution in [1.29, 1.82) is 0 Å². The van der Waals surface area contributed by atoms with E-state index in [0.717, 1.165) is 32.6 Å². The summed E-state index contributed by atoms with van der Waals surface area (Å²) >= 11 is 0. The molecule has 0 amide bonds. The summed E-state index contributed by atoms with van der Waals surface area (Å²) in [5, 5.41) is 28.7. The highest BCUT2D eigenvalue weighted by Crippen LogP contribution is 2.40. The van der Waals surface area contributed by atoms with Gasteiger partial charge in [-0.2, -0.15) is 5.10 Å². The fraction of sp³-hybridized carbons (Fsp3) is 0.560. The van der Waals surface area contributed by atoms with Crippen LogP contribution in [0.3, 0.4) is 0 Å². The first-order valence-electron chi connectivity index (χ1n) is 11.8. The van der Waals surface area contributed by atoms with E-state index < -0.39 is 0 Å². The monoisotopic (exact) mass is 474 g/mol. The smallest absolute Gasteiger partial charge is 0.290 e. The molecule has 2 aromatic rings. The Hall–Kier alpha value is -2.75. The van der Waals surface area contributed by atoms with Crippen LogP contribution in [0.5, 0.6) is 0 Å². The molecule has 34 heavy (non-hydrogen) atoms. The summed E-state index contributed by atoms with van der Waals surface area (Å²) in [4.78, 5) is 21.8. The number of β-amino-alcohol motifs (C(OH)–C–C–N with tert-alkyl or cyclic N) is 1.